The number of nitrogens with one attached hydrogen (secondary N) is 1. The van der Waals surface area contributed by atoms with Crippen molar-refractivity contribution in [3.63, 3.8) is 0 Å². The lowest BCUT2D eigenvalue weighted by molar-refractivity contribution is 0.194. The molecular formula is C29H23F2N5O. The van der Waals surface area contributed by atoms with Crippen LogP contribution in [0.15, 0.2) is 97.2 Å². The molecule has 0 saturated heterocycles. The maximum atomic E-state index is 14.4. The van der Waals surface area contributed by atoms with E-state index in [0.717, 1.165) is 28.5 Å². The molecule has 1 aliphatic rings. The molecule has 3 heterocycles. The SMILES string of the molecule is Cc1nn(-c2ccccc2)c2c1CN(C(=O)Nc1cccc(F)c1)[C@H](c1cccc(F)c1)c1cccn1-2. The van der Waals surface area contributed by atoms with E-state index in [1.165, 1.54) is 30.3 Å². The average Bonchev–Trinajstić information content (AvgIpc) is 3.45. The van der Waals surface area contributed by atoms with E-state index in [1.807, 2.05) is 64.8 Å². The smallest absolute Gasteiger partial charge is 0.308 e. The number of benzene rings is 3. The molecule has 184 valence electrons. The van der Waals surface area contributed by atoms with E-state index < -0.39 is 23.7 Å². The normalized spacial score (nSPS) is 14.6. The van der Waals surface area contributed by atoms with Crippen LogP contribution in [0.3, 0.4) is 0 Å². The minimum absolute atomic E-state index is 0.206. The number of hydrogen-bond donors (Lipinski definition) is 1. The molecule has 0 radical (unpaired) electrons. The van der Waals surface area contributed by atoms with Crippen LogP contribution in [0.4, 0.5) is 19.3 Å². The molecule has 0 saturated carbocycles. The zero-order valence-corrected chi connectivity index (χ0v) is 20.0. The monoisotopic (exact) mass is 495 g/mol. The number of nitrogens with zero attached hydrogens (tertiary/aromatic N) is 4. The number of hydrogen-bond acceptors (Lipinski definition) is 2. The van der Waals surface area contributed by atoms with Gasteiger partial charge in [-0.25, -0.2) is 18.3 Å². The van der Waals surface area contributed by atoms with Crippen molar-refractivity contribution in [2.75, 3.05) is 5.32 Å². The fourth-order valence-electron chi connectivity index (χ4n) is 4.94. The largest absolute Gasteiger partial charge is 0.322 e. The van der Waals surface area contributed by atoms with Gasteiger partial charge < -0.3 is 14.8 Å². The summed E-state index contributed by atoms with van der Waals surface area (Å²) in [6.45, 7) is 2.12. The maximum absolute atomic E-state index is 14.4. The number of anilines is 1. The minimum Gasteiger partial charge on any atom is -0.308 e. The summed E-state index contributed by atoms with van der Waals surface area (Å²) < 4.78 is 32.1. The van der Waals surface area contributed by atoms with Gasteiger partial charge in [0.2, 0.25) is 0 Å². The Labute approximate surface area is 212 Å². The van der Waals surface area contributed by atoms with Crippen molar-refractivity contribution in [2.24, 2.45) is 0 Å². The van der Waals surface area contributed by atoms with E-state index in [1.54, 1.807) is 23.1 Å². The van der Waals surface area contributed by atoms with Gasteiger partial charge in [0.25, 0.3) is 0 Å². The molecule has 37 heavy (non-hydrogen) atoms. The Kier molecular flexibility index (Phi) is 5.56. The van der Waals surface area contributed by atoms with Crippen LogP contribution < -0.4 is 5.32 Å². The quantitative estimate of drug-likeness (QED) is 0.316. The number of carbonyl (C=O) groups excluding carboxylic acids is 1. The molecule has 1 aliphatic heterocycles. The van der Waals surface area contributed by atoms with Crippen LogP contribution in [0.2, 0.25) is 0 Å². The second-order valence-corrected chi connectivity index (χ2v) is 8.96. The summed E-state index contributed by atoms with van der Waals surface area (Å²) >= 11 is 0. The zero-order chi connectivity index (χ0) is 25.5. The first-order chi connectivity index (χ1) is 18.0. The third-order valence-electron chi connectivity index (χ3n) is 6.59. The molecule has 5 aromatic rings. The fraction of sp³-hybridized carbons (Fsp3) is 0.103. The molecule has 0 spiro atoms. The van der Waals surface area contributed by atoms with Crippen molar-refractivity contribution in [3.8, 4) is 11.5 Å². The van der Waals surface area contributed by atoms with Gasteiger partial charge in [0.15, 0.2) is 0 Å². The van der Waals surface area contributed by atoms with Crippen LogP contribution in [-0.2, 0) is 6.54 Å². The van der Waals surface area contributed by atoms with Crippen molar-refractivity contribution in [1.29, 1.82) is 0 Å². The Morgan fingerprint density at radius 3 is 2.43 bits per heavy atom. The number of para-hydroxylation sites is 1. The van der Waals surface area contributed by atoms with E-state index in [-0.39, 0.29) is 6.54 Å². The molecule has 6 nitrogen and oxygen atoms in total. The van der Waals surface area contributed by atoms with Crippen molar-refractivity contribution >= 4 is 11.7 Å². The number of carbonyl (C=O) groups is 1. The molecule has 8 heteroatoms. The number of amides is 2. The van der Waals surface area contributed by atoms with Gasteiger partial charge in [-0.3, -0.25) is 0 Å². The fourth-order valence-corrected chi connectivity index (χ4v) is 4.94. The third kappa shape index (κ3) is 4.06. The maximum Gasteiger partial charge on any atom is 0.322 e. The average molecular weight is 496 g/mol. The molecule has 2 amide bonds. The molecule has 2 aromatic heterocycles. The van der Waals surface area contributed by atoms with E-state index in [0.29, 0.717) is 11.3 Å². The predicted molar refractivity (Wildman–Crippen MR) is 137 cm³/mol. The second-order valence-electron chi connectivity index (χ2n) is 8.96. The summed E-state index contributed by atoms with van der Waals surface area (Å²) in [5.41, 5.74) is 4.23. The van der Waals surface area contributed by atoms with Crippen LogP contribution in [0, 0.1) is 18.6 Å². The van der Waals surface area contributed by atoms with Crippen LogP contribution in [0.1, 0.15) is 28.6 Å². The summed E-state index contributed by atoms with van der Waals surface area (Å²) in [5.74, 6) is -0.0350. The number of aromatic nitrogens is 3. The number of urea groups is 1. The second kappa shape index (κ2) is 9.05. The van der Waals surface area contributed by atoms with Gasteiger partial charge in [-0.05, 0) is 67.1 Å². The number of aryl methyl sites for hydroxylation is 1. The lowest BCUT2D eigenvalue weighted by atomic mass is 10.0. The Morgan fingerprint density at radius 1 is 0.919 bits per heavy atom. The zero-order valence-electron chi connectivity index (χ0n) is 20.0. The van der Waals surface area contributed by atoms with Crippen molar-refractivity contribution in [3.05, 3.63) is 131 Å². The highest BCUT2D eigenvalue weighted by molar-refractivity contribution is 5.90. The Bertz CT molecular complexity index is 1610. The first-order valence-electron chi connectivity index (χ1n) is 11.9. The number of fused-ring (bicyclic) bond motifs is 3. The Morgan fingerprint density at radius 2 is 1.68 bits per heavy atom. The van der Waals surface area contributed by atoms with Crippen LogP contribution in [0.25, 0.3) is 11.5 Å². The molecule has 0 fully saturated rings. The summed E-state index contributed by atoms with van der Waals surface area (Å²) in [6, 6.07) is 24.5. The van der Waals surface area contributed by atoms with E-state index >= 15 is 0 Å². The topological polar surface area (TPSA) is 55.1 Å². The molecule has 0 aliphatic carbocycles. The van der Waals surface area contributed by atoms with Crippen LogP contribution >= 0.6 is 0 Å². The highest BCUT2D eigenvalue weighted by Crippen LogP contribution is 2.38. The molecule has 0 unspecified atom stereocenters. The van der Waals surface area contributed by atoms with Crippen molar-refractivity contribution in [2.45, 2.75) is 19.5 Å². The number of halogens is 2. The van der Waals surface area contributed by atoms with Crippen LogP contribution in [0.5, 0.6) is 0 Å². The van der Waals surface area contributed by atoms with E-state index in [2.05, 4.69) is 5.32 Å². The minimum atomic E-state index is -0.615. The molecule has 3 aromatic carbocycles. The highest BCUT2D eigenvalue weighted by Gasteiger charge is 2.36. The third-order valence-corrected chi connectivity index (χ3v) is 6.59. The summed E-state index contributed by atoms with van der Waals surface area (Å²) in [7, 11) is 0. The van der Waals surface area contributed by atoms with Crippen molar-refractivity contribution < 1.29 is 13.6 Å². The van der Waals surface area contributed by atoms with Gasteiger partial charge in [0.1, 0.15) is 17.5 Å². The summed E-state index contributed by atoms with van der Waals surface area (Å²) in [6.07, 6.45) is 1.93. The lowest BCUT2D eigenvalue weighted by Gasteiger charge is -2.31. The van der Waals surface area contributed by atoms with E-state index in [9.17, 15) is 13.6 Å². The molecule has 1 N–H and O–H groups in total. The highest BCUT2D eigenvalue weighted by atomic mass is 19.1. The van der Waals surface area contributed by atoms with E-state index in [4.69, 9.17) is 5.10 Å². The summed E-state index contributed by atoms with van der Waals surface area (Å²) in [4.78, 5) is 15.4. The van der Waals surface area contributed by atoms with Gasteiger partial charge in [-0.2, -0.15) is 5.10 Å². The van der Waals surface area contributed by atoms with Crippen LogP contribution in [-0.4, -0.2) is 25.3 Å². The standard InChI is InChI=1S/C29H23F2N5O/c1-19-25-18-35(29(37)32-23-11-6-10-22(31)17-23)27(20-8-5-9-21(30)16-20)26-14-7-15-34(26)28(25)36(33-19)24-12-3-2-4-13-24/h2-17,27H,18H2,1H3,(H,32,37)/t27-/m1/s1. The Balaban J connectivity index is 1.54. The molecule has 0 bridgehead atoms. The van der Waals surface area contributed by atoms with Crippen molar-refractivity contribution in [1.82, 2.24) is 19.2 Å². The molecular weight excluding hydrogens is 472 g/mol. The van der Waals surface area contributed by atoms with Gasteiger partial charge >= 0.3 is 6.03 Å². The predicted octanol–water partition coefficient (Wildman–Crippen LogP) is 6.39. The first-order valence-corrected chi connectivity index (χ1v) is 11.9. The first kappa shape index (κ1) is 22.7. The van der Waals surface area contributed by atoms with Gasteiger partial charge in [-0.15, -0.1) is 0 Å². The number of rotatable bonds is 3. The summed E-state index contributed by atoms with van der Waals surface area (Å²) in [5, 5.41) is 7.63. The lowest BCUT2D eigenvalue weighted by Crippen LogP contribution is -2.38. The van der Waals surface area contributed by atoms with Gasteiger partial charge in [0.05, 0.1) is 29.7 Å². The Hall–Kier alpha value is -4.72. The van der Waals surface area contributed by atoms with Gasteiger partial charge in [0, 0.05) is 17.4 Å². The molecule has 1 atom stereocenters. The molecule has 6 rings (SSSR count). The van der Waals surface area contributed by atoms with Gasteiger partial charge in [-0.1, -0.05) is 36.4 Å².